The van der Waals surface area contributed by atoms with E-state index in [1.165, 1.54) is 16.7 Å². The molecule has 2 aromatic heterocycles. The van der Waals surface area contributed by atoms with Crippen LogP contribution < -0.4 is 0 Å². The van der Waals surface area contributed by atoms with Crippen molar-refractivity contribution in [1.82, 2.24) is 24.5 Å². The van der Waals surface area contributed by atoms with E-state index in [-0.39, 0.29) is 25.3 Å². The highest BCUT2D eigenvalue weighted by Crippen LogP contribution is 2.33. The van der Waals surface area contributed by atoms with Gasteiger partial charge in [-0.05, 0) is 32.9 Å². The Morgan fingerprint density at radius 1 is 1.31 bits per heavy atom. The molecule has 1 amide bonds. The van der Waals surface area contributed by atoms with Gasteiger partial charge in [0.15, 0.2) is 0 Å². The minimum Gasteiger partial charge on any atom is -0.342 e. The molecule has 0 radical (unpaired) electrons. The van der Waals surface area contributed by atoms with Gasteiger partial charge < -0.3 is 4.90 Å². The molecule has 1 unspecified atom stereocenters. The molecule has 10 heteroatoms. The van der Waals surface area contributed by atoms with Gasteiger partial charge in [0.05, 0.1) is 12.3 Å². The second-order valence-electron chi connectivity index (χ2n) is 6.47. The lowest BCUT2D eigenvalue weighted by atomic mass is 9.96. The number of hydrogen-bond acceptors (Lipinski definition) is 5. The van der Waals surface area contributed by atoms with Crippen molar-refractivity contribution in [1.29, 1.82) is 0 Å². The van der Waals surface area contributed by atoms with Crippen LogP contribution in [0.15, 0.2) is 5.16 Å². The predicted molar refractivity (Wildman–Crippen MR) is 91.1 cm³/mol. The minimum atomic E-state index is -4.26. The van der Waals surface area contributed by atoms with Gasteiger partial charge in [0, 0.05) is 30.0 Å². The number of fused-ring (bicyclic) bond motifs is 1. The standard InChI is InChI=1S/C16H20F3N5OS/c1-9-12(10(2)24-14(20-9)21-15(22-24)26-3)7-13(25)23-6-4-5-11(8-23)16(17,18)19/h11H,4-8H2,1-3H3. The summed E-state index contributed by atoms with van der Waals surface area (Å²) in [6.45, 7) is 3.69. The van der Waals surface area contributed by atoms with E-state index >= 15 is 0 Å². The Kier molecular flexibility index (Phi) is 5.14. The molecule has 1 saturated heterocycles. The molecule has 6 nitrogen and oxygen atoms in total. The lowest BCUT2D eigenvalue weighted by molar-refractivity contribution is -0.187. The number of rotatable bonds is 3. The monoisotopic (exact) mass is 387 g/mol. The molecule has 0 spiro atoms. The fourth-order valence-corrected chi connectivity index (χ4v) is 3.60. The van der Waals surface area contributed by atoms with E-state index < -0.39 is 12.1 Å². The van der Waals surface area contributed by atoms with Gasteiger partial charge in [-0.15, -0.1) is 5.10 Å². The lowest BCUT2D eigenvalue weighted by Crippen LogP contribution is -2.45. The first kappa shape index (κ1) is 18.9. The molecule has 0 bridgehead atoms. The Bertz CT molecular complexity index is 835. The molecule has 3 heterocycles. The first-order chi connectivity index (χ1) is 12.2. The lowest BCUT2D eigenvalue weighted by Gasteiger charge is -2.34. The Hall–Kier alpha value is -1.84. The number of piperidine rings is 1. The first-order valence-electron chi connectivity index (χ1n) is 8.32. The summed E-state index contributed by atoms with van der Waals surface area (Å²) in [4.78, 5) is 22.6. The zero-order valence-electron chi connectivity index (χ0n) is 14.8. The number of likely N-dealkylation sites (tertiary alicyclic amines) is 1. The average Bonchev–Trinajstić information content (AvgIpc) is 3.01. The molecule has 1 aliphatic heterocycles. The van der Waals surface area contributed by atoms with E-state index in [2.05, 4.69) is 15.1 Å². The van der Waals surface area contributed by atoms with Crippen molar-refractivity contribution in [3.05, 3.63) is 17.0 Å². The van der Waals surface area contributed by atoms with Crippen LogP contribution in [0.5, 0.6) is 0 Å². The quantitative estimate of drug-likeness (QED) is 0.758. The minimum absolute atomic E-state index is 0.0135. The number of aromatic nitrogens is 4. The van der Waals surface area contributed by atoms with E-state index in [0.29, 0.717) is 35.2 Å². The fourth-order valence-electron chi connectivity index (χ4n) is 3.27. The number of nitrogens with zero attached hydrogens (tertiary/aromatic N) is 5. The van der Waals surface area contributed by atoms with Crippen LogP contribution in [-0.2, 0) is 11.2 Å². The van der Waals surface area contributed by atoms with Gasteiger partial charge >= 0.3 is 6.18 Å². The molecule has 1 fully saturated rings. The predicted octanol–water partition coefficient (Wildman–Crippen LogP) is 2.81. The average molecular weight is 387 g/mol. The molecular formula is C16H20F3N5OS. The maximum Gasteiger partial charge on any atom is 0.393 e. The van der Waals surface area contributed by atoms with Crippen LogP contribution in [0.25, 0.3) is 5.78 Å². The number of thioether (sulfide) groups is 1. The van der Waals surface area contributed by atoms with Crippen molar-refractivity contribution in [2.75, 3.05) is 19.3 Å². The van der Waals surface area contributed by atoms with Crippen LogP contribution in [0, 0.1) is 19.8 Å². The topological polar surface area (TPSA) is 63.4 Å². The Balaban J connectivity index is 1.83. The molecule has 3 rings (SSSR count). The third-order valence-electron chi connectivity index (χ3n) is 4.78. The number of aryl methyl sites for hydroxylation is 2. The van der Waals surface area contributed by atoms with Gasteiger partial charge in [0.2, 0.25) is 11.1 Å². The van der Waals surface area contributed by atoms with Gasteiger partial charge in [-0.1, -0.05) is 11.8 Å². The van der Waals surface area contributed by atoms with E-state index in [1.54, 1.807) is 11.4 Å². The van der Waals surface area contributed by atoms with Gasteiger partial charge in [-0.3, -0.25) is 4.79 Å². The van der Waals surface area contributed by atoms with Crippen molar-refractivity contribution >= 4 is 23.4 Å². The molecule has 0 saturated carbocycles. The summed E-state index contributed by atoms with van der Waals surface area (Å²) in [5.74, 6) is -1.30. The second kappa shape index (κ2) is 7.05. The zero-order valence-corrected chi connectivity index (χ0v) is 15.6. The third-order valence-corrected chi connectivity index (χ3v) is 5.32. The Morgan fingerprint density at radius 2 is 2.04 bits per heavy atom. The molecular weight excluding hydrogens is 367 g/mol. The summed E-state index contributed by atoms with van der Waals surface area (Å²) in [7, 11) is 0. The van der Waals surface area contributed by atoms with E-state index in [0.717, 1.165) is 5.69 Å². The Labute approximate surface area is 153 Å². The summed E-state index contributed by atoms with van der Waals surface area (Å²) in [5, 5.41) is 4.91. The molecule has 0 aliphatic carbocycles. The number of carbonyl (C=O) groups is 1. The zero-order chi connectivity index (χ0) is 19.1. The maximum absolute atomic E-state index is 13.0. The molecule has 0 aromatic carbocycles. The molecule has 26 heavy (non-hydrogen) atoms. The van der Waals surface area contributed by atoms with Crippen molar-refractivity contribution in [3.63, 3.8) is 0 Å². The van der Waals surface area contributed by atoms with E-state index in [1.807, 2.05) is 13.2 Å². The molecule has 142 valence electrons. The first-order valence-corrected chi connectivity index (χ1v) is 9.54. The molecule has 0 N–H and O–H groups in total. The molecule has 2 aromatic rings. The van der Waals surface area contributed by atoms with Crippen molar-refractivity contribution < 1.29 is 18.0 Å². The largest absolute Gasteiger partial charge is 0.393 e. The van der Waals surface area contributed by atoms with Crippen LogP contribution in [0.3, 0.4) is 0 Å². The van der Waals surface area contributed by atoms with Crippen molar-refractivity contribution in [2.24, 2.45) is 5.92 Å². The van der Waals surface area contributed by atoms with E-state index in [9.17, 15) is 18.0 Å². The highest BCUT2D eigenvalue weighted by atomic mass is 32.2. The summed E-state index contributed by atoms with van der Waals surface area (Å²) in [6.07, 6.45) is -1.95. The summed E-state index contributed by atoms with van der Waals surface area (Å²) in [6, 6.07) is 0. The Morgan fingerprint density at radius 3 is 2.69 bits per heavy atom. The summed E-state index contributed by atoms with van der Waals surface area (Å²) in [5.41, 5.74) is 2.07. The van der Waals surface area contributed by atoms with E-state index in [4.69, 9.17) is 0 Å². The van der Waals surface area contributed by atoms with Crippen LogP contribution in [0.1, 0.15) is 29.8 Å². The van der Waals surface area contributed by atoms with Crippen molar-refractivity contribution in [2.45, 2.75) is 44.4 Å². The molecule has 1 atom stereocenters. The van der Waals surface area contributed by atoms with Crippen LogP contribution in [0.4, 0.5) is 13.2 Å². The van der Waals surface area contributed by atoms with Crippen LogP contribution >= 0.6 is 11.8 Å². The molecule has 1 aliphatic rings. The third kappa shape index (κ3) is 3.65. The highest BCUT2D eigenvalue weighted by Gasteiger charge is 2.42. The fraction of sp³-hybridized carbons (Fsp3) is 0.625. The second-order valence-corrected chi connectivity index (χ2v) is 7.24. The number of amides is 1. The highest BCUT2D eigenvalue weighted by molar-refractivity contribution is 7.98. The smallest absolute Gasteiger partial charge is 0.342 e. The normalized spacial score (nSPS) is 18.5. The van der Waals surface area contributed by atoms with Crippen LogP contribution in [-0.4, -0.2) is 55.9 Å². The van der Waals surface area contributed by atoms with Crippen LogP contribution in [0.2, 0.25) is 0 Å². The van der Waals surface area contributed by atoms with Crippen molar-refractivity contribution in [3.8, 4) is 0 Å². The summed E-state index contributed by atoms with van der Waals surface area (Å²) < 4.78 is 40.5. The summed E-state index contributed by atoms with van der Waals surface area (Å²) >= 11 is 1.39. The van der Waals surface area contributed by atoms with Gasteiger partial charge in [-0.25, -0.2) is 9.50 Å². The number of hydrogen-bond donors (Lipinski definition) is 0. The van der Waals surface area contributed by atoms with Gasteiger partial charge in [0.25, 0.3) is 5.78 Å². The van der Waals surface area contributed by atoms with Gasteiger partial charge in [0.1, 0.15) is 0 Å². The van der Waals surface area contributed by atoms with Gasteiger partial charge in [-0.2, -0.15) is 18.2 Å². The number of carbonyl (C=O) groups excluding carboxylic acids is 1. The SMILES string of the molecule is CSc1nc2nc(C)c(CC(=O)N3CCCC(C(F)(F)F)C3)c(C)n2n1. The number of alkyl halides is 3. The maximum atomic E-state index is 13.0. The number of halogens is 3.